The highest BCUT2D eigenvalue weighted by atomic mass is 35.5. The van der Waals surface area contributed by atoms with Crippen LogP contribution in [0.3, 0.4) is 0 Å². The van der Waals surface area contributed by atoms with Gasteiger partial charge in [-0.2, -0.15) is 0 Å². The molecule has 1 atom stereocenters. The number of hydrogen-bond acceptors (Lipinski definition) is 4. The van der Waals surface area contributed by atoms with E-state index in [0.717, 1.165) is 29.1 Å². The first kappa shape index (κ1) is 19.7. The average Bonchev–Trinajstić information content (AvgIpc) is 2.99. The highest BCUT2D eigenvalue weighted by Gasteiger charge is 2.14. The average molecular weight is 380 g/mol. The maximum absolute atomic E-state index is 6.00. The molecule has 0 aliphatic rings. The molecule has 0 amide bonds. The van der Waals surface area contributed by atoms with E-state index >= 15 is 0 Å². The smallest absolute Gasteiger partial charge is 0.191 e. The Labute approximate surface area is 159 Å². The van der Waals surface area contributed by atoms with Gasteiger partial charge < -0.3 is 15.5 Å². The summed E-state index contributed by atoms with van der Waals surface area (Å²) in [5.74, 6) is 0.802. The Kier molecular flexibility index (Phi) is 7.68. The number of benzene rings is 1. The summed E-state index contributed by atoms with van der Waals surface area (Å²) in [6, 6.07) is 8.21. The predicted molar refractivity (Wildman–Crippen MR) is 108 cm³/mol. The maximum Gasteiger partial charge on any atom is 0.191 e. The third-order valence-corrected chi connectivity index (χ3v) is 4.88. The van der Waals surface area contributed by atoms with Crippen LogP contribution < -0.4 is 10.6 Å². The molecular formula is C18H26ClN5S. The van der Waals surface area contributed by atoms with E-state index in [1.807, 2.05) is 18.3 Å². The monoisotopic (exact) mass is 379 g/mol. The molecule has 0 radical (unpaired) electrons. The number of aromatic nitrogens is 1. The van der Waals surface area contributed by atoms with E-state index in [1.54, 1.807) is 11.3 Å². The van der Waals surface area contributed by atoms with Gasteiger partial charge in [0.25, 0.3) is 0 Å². The van der Waals surface area contributed by atoms with Crippen LogP contribution in [0.4, 0.5) is 0 Å². The van der Waals surface area contributed by atoms with Crippen LogP contribution in [0.2, 0.25) is 5.02 Å². The second kappa shape index (κ2) is 9.75. The van der Waals surface area contributed by atoms with Crippen LogP contribution in [0.25, 0.3) is 0 Å². The van der Waals surface area contributed by atoms with Gasteiger partial charge in [0.05, 0.1) is 12.6 Å². The molecule has 0 spiro atoms. The lowest BCUT2D eigenvalue weighted by Gasteiger charge is -2.26. The first-order valence-electron chi connectivity index (χ1n) is 8.35. The van der Waals surface area contributed by atoms with Crippen LogP contribution in [0.15, 0.2) is 35.5 Å². The van der Waals surface area contributed by atoms with Crippen molar-refractivity contribution in [1.82, 2.24) is 20.5 Å². The molecule has 7 heteroatoms. The van der Waals surface area contributed by atoms with Crippen molar-refractivity contribution in [3.8, 4) is 0 Å². The van der Waals surface area contributed by atoms with Crippen molar-refractivity contribution in [2.24, 2.45) is 4.99 Å². The van der Waals surface area contributed by atoms with Crippen LogP contribution in [0.1, 0.15) is 28.4 Å². The van der Waals surface area contributed by atoms with Gasteiger partial charge in [-0.05, 0) is 45.6 Å². The molecule has 5 nitrogen and oxygen atoms in total. The Morgan fingerprint density at radius 1 is 1.28 bits per heavy atom. The first-order valence-corrected chi connectivity index (χ1v) is 9.54. The molecule has 0 fully saturated rings. The number of aryl methyl sites for hydroxylation is 1. The number of hydrogen-bond donors (Lipinski definition) is 2. The predicted octanol–water partition coefficient (Wildman–Crippen LogP) is 3.46. The lowest BCUT2D eigenvalue weighted by Crippen LogP contribution is -2.41. The Morgan fingerprint density at radius 3 is 2.56 bits per heavy atom. The molecule has 0 bridgehead atoms. The van der Waals surface area contributed by atoms with E-state index in [9.17, 15) is 0 Å². The molecule has 1 aromatic heterocycles. The second-order valence-corrected chi connectivity index (χ2v) is 7.73. The van der Waals surface area contributed by atoms with Crippen molar-refractivity contribution in [2.75, 3.05) is 27.2 Å². The van der Waals surface area contributed by atoms with E-state index in [4.69, 9.17) is 11.6 Å². The summed E-state index contributed by atoms with van der Waals surface area (Å²) in [5, 5.41) is 8.50. The standard InChI is InChI=1S/C18H26ClN5S/c1-5-20-18(23-12-17-21-10-13(2)25-17)22-11-16(24(3)4)14-6-8-15(19)9-7-14/h6-10,16H,5,11-12H2,1-4H3,(H2,20,22,23). The van der Waals surface area contributed by atoms with E-state index in [-0.39, 0.29) is 6.04 Å². The third-order valence-electron chi connectivity index (χ3n) is 3.73. The molecule has 0 aliphatic heterocycles. The summed E-state index contributed by atoms with van der Waals surface area (Å²) in [4.78, 5) is 12.4. The molecule has 2 N–H and O–H groups in total. The number of nitrogens with zero attached hydrogens (tertiary/aromatic N) is 3. The van der Waals surface area contributed by atoms with Crippen LogP contribution in [0, 0.1) is 6.92 Å². The molecule has 0 saturated heterocycles. The van der Waals surface area contributed by atoms with Crippen LogP contribution in [-0.2, 0) is 6.54 Å². The van der Waals surface area contributed by atoms with Crippen LogP contribution in [-0.4, -0.2) is 43.0 Å². The van der Waals surface area contributed by atoms with Crippen LogP contribution >= 0.6 is 22.9 Å². The quantitative estimate of drug-likeness (QED) is 0.571. The molecule has 2 aromatic rings. The summed E-state index contributed by atoms with van der Waals surface area (Å²) >= 11 is 7.68. The van der Waals surface area contributed by atoms with Gasteiger partial charge in [0.1, 0.15) is 5.01 Å². The van der Waals surface area contributed by atoms with E-state index in [2.05, 4.69) is 65.6 Å². The molecule has 1 unspecified atom stereocenters. The van der Waals surface area contributed by atoms with Gasteiger partial charge in [0, 0.05) is 29.2 Å². The lowest BCUT2D eigenvalue weighted by atomic mass is 10.1. The molecule has 1 heterocycles. The zero-order chi connectivity index (χ0) is 18.2. The number of likely N-dealkylation sites (N-methyl/N-ethyl adjacent to an activating group) is 1. The Balaban J connectivity index is 2.02. The van der Waals surface area contributed by atoms with Gasteiger partial charge in [-0.25, -0.2) is 9.98 Å². The van der Waals surface area contributed by atoms with Gasteiger partial charge in [-0.1, -0.05) is 23.7 Å². The minimum absolute atomic E-state index is 0.225. The van der Waals surface area contributed by atoms with Gasteiger partial charge >= 0.3 is 0 Å². The SMILES string of the molecule is CCNC(=NCc1ncc(C)s1)NCC(c1ccc(Cl)cc1)N(C)C. The molecule has 0 saturated carbocycles. The number of thiazole rings is 1. The minimum atomic E-state index is 0.225. The third kappa shape index (κ3) is 6.30. The first-order chi connectivity index (χ1) is 12.0. The molecule has 0 aliphatic carbocycles. The number of guanidine groups is 1. The van der Waals surface area contributed by atoms with E-state index < -0.39 is 0 Å². The number of halogens is 1. The fourth-order valence-corrected chi connectivity index (χ4v) is 3.28. The summed E-state index contributed by atoms with van der Waals surface area (Å²) < 4.78 is 0. The summed E-state index contributed by atoms with van der Waals surface area (Å²) in [7, 11) is 4.15. The largest absolute Gasteiger partial charge is 0.357 e. The fraction of sp³-hybridized carbons (Fsp3) is 0.444. The van der Waals surface area contributed by atoms with Crippen molar-refractivity contribution >= 4 is 28.9 Å². The second-order valence-electron chi connectivity index (χ2n) is 5.97. The molecule has 2 rings (SSSR count). The van der Waals surface area contributed by atoms with Crippen molar-refractivity contribution in [3.05, 3.63) is 50.9 Å². The molecular weight excluding hydrogens is 354 g/mol. The minimum Gasteiger partial charge on any atom is -0.357 e. The molecule has 1 aromatic carbocycles. The summed E-state index contributed by atoms with van der Waals surface area (Å²) in [6.45, 7) is 6.27. The highest BCUT2D eigenvalue weighted by Crippen LogP contribution is 2.19. The van der Waals surface area contributed by atoms with Crippen LogP contribution in [0.5, 0.6) is 0 Å². The van der Waals surface area contributed by atoms with Crippen molar-refractivity contribution < 1.29 is 0 Å². The fourth-order valence-electron chi connectivity index (χ4n) is 2.44. The van der Waals surface area contributed by atoms with Gasteiger partial charge in [-0.15, -0.1) is 11.3 Å². The lowest BCUT2D eigenvalue weighted by molar-refractivity contribution is 0.298. The summed E-state index contributed by atoms with van der Waals surface area (Å²) in [6.07, 6.45) is 1.89. The Bertz CT molecular complexity index is 681. The van der Waals surface area contributed by atoms with Crippen molar-refractivity contribution in [2.45, 2.75) is 26.4 Å². The molecule has 25 heavy (non-hydrogen) atoms. The zero-order valence-corrected chi connectivity index (χ0v) is 16.8. The Morgan fingerprint density at radius 2 is 2.00 bits per heavy atom. The number of nitrogens with one attached hydrogen (secondary N) is 2. The number of aliphatic imine (C=N–C) groups is 1. The topological polar surface area (TPSA) is 52.6 Å². The maximum atomic E-state index is 6.00. The van der Waals surface area contributed by atoms with Crippen molar-refractivity contribution in [3.63, 3.8) is 0 Å². The van der Waals surface area contributed by atoms with Gasteiger partial charge in [-0.3, -0.25) is 0 Å². The number of rotatable bonds is 7. The van der Waals surface area contributed by atoms with E-state index in [1.165, 1.54) is 10.4 Å². The van der Waals surface area contributed by atoms with Gasteiger partial charge in [0.15, 0.2) is 5.96 Å². The van der Waals surface area contributed by atoms with E-state index in [0.29, 0.717) is 6.54 Å². The normalized spacial score (nSPS) is 13.1. The molecule has 136 valence electrons. The van der Waals surface area contributed by atoms with Crippen molar-refractivity contribution in [1.29, 1.82) is 0 Å². The zero-order valence-electron chi connectivity index (χ0n) is 15.2. The Hall–Kier alpha value is -1.63. The van der Waals surface area contributed by atoms with Gasteiger partial charge in [0.2, 0.25) is 0 Å². The highest BCUT2D eigenvalue weighted by molar-refractivity contribution is 7.11. The summed E-state index contributed by atoms with van der Waals surface area (Å²) in [5.41, 5.74) is 1.22.